The minimum Gasteiger partial charge on any atom is -0.508 e. The molecular weight excluding hydrogens is 298 g/mol. The van der Waals surface area contributed by atoms with Gasteiger partial charge in [0.2, 0.25) is 0 Å². The van der Waals surface area contributed by atoms with Gasteiger partial charge in [0.15, 0.2) is 0 Å². The molecule has 1 amide bonds. The van der Waals surface area contributed by atoms with E-state index in [1.807, 2.05) is 11.0 Å². The second kappa shape index (κ2) is 6.78. The molecule has 1 N–H and O–H groups in total. The van der Waals surface area contributed by atoms with Gasteiger partial charge in [-0.15, -0.1) is 0 Å². The van der Waals surface area contributed by atoms with Crippen LogP contribution in [-0.2, 0) is 6.54 Å². The van der Waals surface area contributed by atoms with Crippen LogP contribution < -0.4 is 0 Å². The molecule has 4 rings (SSSR count). The number of phenolic OH excluding ortho intramolecular Hbond substituents is 1. The van der Waals surface area contributed by atoms with Gasteiger partial charge in [0.25, 0.3) is 5.91 Å². The number of rotatable bonds is 3. The van der Waals surface area contributed by atoms with Crippen molar-refractivity contribution in [2.24, 2.45) is 17.8 Å². The van der Waals surface area contributed by atoms with Gasteiger partial charge in [-0.2, -0.15) is 0 Å². The van der Waals surface area contributed by atoms with Gasteiger partial charge in [-0.1, -0.05) is 38.2 Å². The van der Waals surface area contributed by atoms with E-state index in [4.69, 9.17) is 0 Å². The molecule has 0 spiro atoms. The standard InChI is InChI=1S/C21H29NO2/c23-19-11-10-18-14-22(21(24)20(18)12-19)13-15-6-8-17(9-7-15)16-4-2-1-3-5-16/h10-12,15-17,23H,1-9,13-14H2. The Labute approximate surface area is 145 Å². The maximum Gasteiger partial charge on any atom is 0.254 e. The first-order chi connectivity index (χ1) is 11.7. The van der Waals surface area contributed by atoms with Crippen molar-refractivity contribution in [3.63, 3.8) is 0 Å². The molecule has 3 nitrogen and oxygen atoms in total. The Bertz CT molecular complexity index is 598. The van der Waals surface area contributed by atoms with E-state index < -0.39 is 0 Å². The molecule has 0 bridgehead atoms. The number of fused-ring (bicyclic) bond motifs is 1. The molecule has 0 radical (unpaired) electrons. The van der Waals surface area contributed by atoms with Gasteiger partial charge in [0.05, 0.1) is 0 Å². The van der Waals surface area contributed by atoms with E-state index in [1.54, 1.807) is 12.1 Å². The average Bonchev–Trinajstić information content (AvgIpc) is 2.92. The molecule has 2 fully saturated rings. The van der Waals surface area contributed by atoms with Gasteiger partial charge in [0, 0.05) is 18.7 Å². The molecule has 0 atom stereocenters. The Hall–Kier alpha value is -1.51. The van der Waals surface area contributed by atoms with Gasteiger partial charge in [-0.05, 0) is 61.1 Å². The lowest BCUT2D eigenvalue weighted by molar-refractivity contribution is 0.0714. The third-order valence-corrected chi connectivity index (χ3v) is 6.66. The van der Waals surface area contributed by atoms with E-state index >= 15 is 0 Å². The maximum absolute atomic E-state index is 12.5. The highest BCUT2D eigenvalue weighted by molar-refractivity contribution is 5.98. The molecule has 0 unspecified atom stereocenters. The molecule has 2 aliphatic carbocycles. The highest BCUT2D eigenvalue weighted by atomic mass is 16.3. The van der Waals surface area contributed by atoms with Crippen LogP contribution in [0.4, 0.5) is 0 Å². The van der Waals surface area contributed by atoms with Crippen molar-refractivity contribution >= 4 is 5.91 Å². The fourth-order valence-electron chi connectivity index (χ4n) is 5.26. The summed E-state index contributed by atoms with van der Waals surface area (Å²) in [5.74, 6) is 2.90. The SMILES string of the molecule is O=C1c2cc(O)ccc2CN1CC1CCC(C2CCCCC2)CC1. The Morgan fingerprint density at radius 1 is 0.958 bits per heavy atom. The van der Waals surface area contributed by atoms with Crippen LogP contribution in [0.25, 0.3) is 0 Å². The van der Waals surface area contributed by atoms with Gasteiger partial charge in [-0.25, -0.2) is 0 Å². The largest absolute Gasteiger partial charge is 0.508 e. The molecule has 3 heteroatoms. The number of carbonyl (C=O) groups is 1. The Kier molecular flexibility index (Phi) is 4.51. The van der Waals surface area contributed by atoms with Crippen LogP contribution >= 0.6 is 0 Å². The third-order valence-electron chi connectivity index (χ3n) is 6.66. The number of hydrogen-bond acceptors (Lipinski definition) is 2. The summed E-state index contributed by atoms with van der Waals surface area (Å²) in [4.78, 5) is 14.5. The summed E-state index contributed by atoms with van der Waals surface area (Å²) in [5, 5.41) is 9.60. The zero-order chi connectivity index (χ0) is 16.5. The first-order valence-corrected chi connectivity index (χ1v) is 9.82. The van der Waals surface area contributed by atoms with Crippen LogP contribution in [0.3, 0.4) is 0 Å². The molecule has 1 aromatic rings. The van der Waals surface area contributed by atoms with Gasteiger partial charge in [0.1, 0.15) is 5.75 Å². The molecule has 130 valence electrons. The summed E-state index contributed by atoms with van der Waals surface area (Å²) < 4.78 is 0. The van der Waals surface area contributed by atoms with Crippen LogP contribution in [0, 0.1) is 17.8 Å². The van der Waals surface area contributed by atoms with E-state index in [0.717, 1.165) is 30.5 Å². The van der Waals surface area contributed by atoms with E-state index in [-0.39, 0.29) is 11.7 Å². The number of aromatic hydroxyl groups is 1. The van der Waals surface area contributed by atoms with Crippen molar-refractivity contribution in [1.29, 1.82) is 0 Å². The predicted molar refractivity (Wildman–Crippen MR) is 94.9 cm³/mol. The van der Waals surface area contributed by atoms with Gasteiger partial charge < -0.3 is 10.0 Å². The van der Waals surface area contributed by atoms with Crippen molar-refractivity contribution in [3.8, 4) is 5.75 Å². The summed E-state index contributed by atoms with van der Waals surface area (Å²) >= 11 is 0. The van der Waals surface area contributed by atoms with Crippen LogP contribution in [0.2, 0.25) is 0 Å². The Morgan fingerprint density at radius 2 is 1.67 bits per heavy atom. The molecule has 1 aromatic carbocycles. The molecule has 1 aliphatic heterocycles. The highest BCUT2D eigenvalue weighted by Gasteiger charge is 2.33. The van der Waals surface area contributed by atoms with E-state index in [1.165, 1.54) is 57.8 Å². The van der Waals surface area contributed by atoms with Crippen LogP contribution in [0.15, 0.2) is 18.2 Å². The number of nitrogens with zero attached hydrogens (tertiary/aromatic N) is 1. The van der Waals surface area contributed by atoms with Crippen LogP contribution in [0.1, 0.15) is 73.7 Å². The molecule has 1 heterocycles. The summed E-state index contributed by atoms with van der Waals surface area (Å²) in [6, 6.07) is 5.20. The second-order valence-electron chi connectivity index (χ2n) is 8.21. The van der Waals surface area contributed by atoms with Gasteiger partial charge >= 0.3 is 0 Å². The quantitative estimate of drug-likeness (QED) is 0.871. The zero-order valence-electron chi connectivity index (χ0n) is 14.5. The number of benzene rings is 1. The fraction of sp³-hybridized carbons (Fsp3) is 0.667. The molecule has 24 heavy (non-hydrogen) atoms. The Balaban J connectivity index is 1.31. The smallest absolute Gasteiger partial charge is 0.254 e. The van der Waals surface area contributed by atoms with Crippen molar-refractivity contribution in [2.45, 2.75) is 64.3 Å². The minimum atomic E-state index is 0.107. The zero-order valence-corrected chi connectivity index (χ0v) is 14.5. The summed E-state index contributed by atoms with van der Waals surface area (Å²) in [5.41, 5.74) is 1.76. The van der Waals surface area contributed by atoms with Gasteiger partial charge in [-0.3, -0.25) is 4.79 Å². The van der Waals surface area contributed by atoms with Crippen LogP contribution in [0.5, 0.6) is 5.75 Å². The lowest BCUT2D eigenvalue weighted by atomic mass is 9.71. The number of phenols is 1. The topological polar surface area (TPSA) is 40.5 Å². The summed E-state index contributed by atoms with van der Waals surface area (Å²) in [7, 11) is 0. The third kappa shape index (κ3) is 3.18. The lowest BCUT2D eigenvalue weighted by Gasteiger charge is -2.36. The highest BCUT2D eigenvalue weighted by Crippen LogP contribution is 2.40. The average molecular weight is 327 g/mol. The van der Waals surface area contributed by atoms with Crippen LogP contribution in [-0.4, -0.2) is 22.5 Å². The van der Waals surface area contributed by atoms with Crippen molar-refractivity contribution in [1.82, 2.24) is 4.90 Å². The number of carbonyl (C=O) groups excluding carboxylic acids is 1. The lowest BCUT2D eigenvalue weighted by Crippen LogP contribution is -2.33. The second-order valence-corrected chi connectivity index (χ2v) is 8.21. The van der Waals surface area contributed by atoms with Crippen molar-refractivity contribution < 1.29 is 9.90 Å². The number of hydrogen-bond donors (Lipinski definition) is 1. The van der Waals surface area contributed by atoms with E-state index in [2.05, 4.69) is 0 Å². The Morgan fingerprint density at radius 3 is 2.42 bits per heavy atom. The molecule has 0 aromatic heterocycles. The first-order valence-electron chi connectivity index (χ1n) is 9.82. The maximum atomic E-state index is 12.5. The predicted octanol–water partition coefficient (Wildman–Crippen LogP) is 4.73. The van der Waals surface area contributed by atoms with E-state index in [0.29, 0.717) is 11.5 Å². The molecule has 3 aliphatic rings. The summed E-state index contributed by atoms with van der Waals surface area (Å²) in [6.45, 7) is 1.61. The number of amides is 1. The first kappa shape index (κ1) is 16.0. The van der Waals surface area contributed by atoms with E-state index in [9.17, 15) is 9.90 Å². The summed E-state index contributed by atoms with van der Waals surface area (Å²) in [6.07, 6.45) is 12.5. The van der Waals surface area contributed by atoms with Crippen molar-refractivity contribution in [2.75, 3.05) is 6.54 Å². The fourth-order valence-corrected chi connectivity index (χ4v) is 5.26. The monoisotopic (exact) mass is 327 g/mol. The molecular formula is C21H29NO2. The molecule has 0 saturated heterocycles. The van der Waals surface area contributed by atoms with Crippen molar-refractivity contribution in [3.05, 3.63) is 29.3 Å². The normalized spacial score (nSPS) is 28.2. The minimum absolute atomic E-state index is 0.107. The molecule has 2 saturated carbocycles.